The molecular weight excluding hydrogens is 381 g/mol. The molecular formula is C18H22ClF3N4O. The van der Waals surface area contributed by atoms with Gasteiger partial charge in [-0.25, -0.2) is 4.68 Å². The number of nitrogens with zero attached hydrogens (tertiary/aromatic N) is 2. The van der Waals surface area contributed by atoms with Crippen LogP contribution in [0.1, 0.15) is 36.9 Å². The van der Waals surface area contributed by atoms with Gasteiger partial charge in [0.25, 0.3) is 0 Å². The predicted molar refractivity (Wildman–Crippen MR) is 99.1 cm³/mol. The van der Waals surface area contributed by atoms with Crippen LogP contribution < -0.4 is 11.1 Å². The lowest BCUT2D eigenvalue weighted by atomic mass is 10.00. The number of rotatable bonds is 4. The highest BCUT2D eigenvalue weighted by atomic mass is 35.5. The molecule has 0 unspecified atom stereocenters. The number of aryl methyl sites for hydroxylation is 1. The first-order valence-electron chi connectivity index (χ1n) is 8.54. The lowest BCUT2D eigenvalue weighted by molar-refractivity contribution is -0.137. The van der Waals surface area contributed by atoms with Crippen molar-refractivity contribution in [2.75, 3.05) is 5.32 Å². The van der Waals surface area contributed by atoms with Crippen LogP contribution in [0.15, 0.2) is 30.3 Å². The molecule has 0 radical (unpaired) electrons. The number of nitrogens with one attached hydrogen (secondary N) is 1. The number of alkyl halides is 3. The lowest BCUT2D eigenvalue weighted by Crippen LogP contribution is -2.28. The van der Waals surface area contributed by atoms with Gasteiger partial charge < -0.3 is 11.1 Å². The molecule has 9 heteroatoms. The van der Waals surface area contributed by atoms with Crippen molar-refractivity contribution in [1.82, 2.24) is 9.78 Å². The number of anilines is 1. The Balaban J connectivity index is 0.00000261. The number of carbonyl (C=O) groups is 1. The molecule has 1 aromatic heterocycles. The van der Waals surface area contributed by atoms with Gasteiger partial charge in [-0.05, 0) is 43.9 Å². The smallest absolute Gasteiger partial charge is 0.327 e. The summed E-state index contributed by atoms with van der Waals surface area (Å²) in [4.78, 5) is 12.3. The van der Waals surface area contributed by atoms with Crippen LogP contribution in [0.3, 0.4) is 0 Å². The average Bonchev–Trinajstić information content (AvgIpc) is 3.12. The number of nitrogens with two attached hydrogens (primary N) is 1. The zero-order valence-electron chi connectivity index (χ0n) is 14.8. The van der Waals surface area contributed by atoms with Crippen LogP contribution in [0.5, 0.6) is 0 Å². The maximum Gasteiger partial charge on any atom is 0.416 e. The summed E-state index contributed by atoms with van der Waals surface area (Å²) < 4.78 is 40.2. The van der Waals surface area contributed by atoms with Gasteiger partial charge in [-0.2, -0.15) is 18.3 Å². The molecule has 1 fully saturated rings. The Morgan fingerprint density at radius 1 is 1.33 bits per heavy atom. The molecule has 5 nitrogen and oxygen atoms in total. The van der Waals surface area contributed by atoms with Gasteiger partial charge in [0.1, 0.15) is 5.82 Å². The largest absolute Gasteiger partial charge is 0.416 e. The highest BCUT2D eigenvalue weighted by Crippen LogP contribution is 2.31. The molecule has 1 amide bonds. The highest BCUT2D eigenvalue weighted by Gasteiger charge is 2.31. The fourth-order valence-electron chi connectivity index (χ4n) is 3.35. The van der Waals surface area contributed by atoms with Gasteiger partial charge in [-0.3, -0.25) is 4.79 Å². The molecule has 0 spiro atoms. The van der Waals surface area contributed by atoms with Crippen LogP contribution in [0.2, 0.25) is 0 Å². The molecule has 1 aliphatic rings. The summed E-state index contributed by atoms with van der Waals surface area (Å²) >= 11 is 0. The predicted octanol–water partition coefficient (Wildman–Crippen LogP) is 4.08. The standard InChI is InChI=1S/C18H21F3N4O.ClH/c1-11-8-16(23-17(26)9-12-4-2-7-15(12)22)25(24-11)14-6-3-5-13(10-14)18(19,20)21;/h3,5-6,8,10,12,15H,2,4,7,9,22H2,1H3,(H,23,26);1H/t12-,15+;/m0./s1. The van der Waals surface area contributed by atoms with Gasteiger partial charge in [-0.15, -0.1) is 12.4 Å². The first-order valence-corrected chi connectivity index (χ1v) is 8.54. The maximum atomic E-state index is 13.0. The number of benzene rings is 1. The first-order chi connectivity index (χ1) is 12.2. The number of hydrogen-bond donors (Lipinski definition) is 2. The molecule has 3 N–H and O–H groups in total. The van der Waals surface area contributed by atoms with Gasteiger partial charge in [-0.1, -0.05) is 12.5 Å². The molecule has 27 heavy (non-hydrogen) atoms. The third-order valence-corrected chi connectivity index (χ3v) is 4.68. The molecule has 1 heterocycles. The quantitative estimate of drug-likeness (QED) is 0.809. The van der Waals surface area contributed by atoms with Crippen LogP contribution in [-0.4, -0.2) is 21.7 Å². The van der Waals surface area contributed by atoms with E-state index in [1.165, 1.54) is 16.8 Å². The summed E-state index contributed by atoms with van der Waals surface area (Å²) in [7, 11) is 0. The van der Waals surface area contributed by atoms with E-state index in [0.717, 1.165) is 31.4 Å². The Kier molecular flexibility index (Phi) is 6.54. The molecule has 3 rings (SSSR count). The van der Waals surface area contributed by atoms with Crippen LogP contribution in [0.25, 0.3) is 5.69 Å². The molecule has 2 aromatic rings. The summed E-state index contributed by atoms with van der Waals surface area (Å²) in [6.45, 7) is 1.71. The van der Waals surface area contributed by atoms with Crippen molar-refractivity contribution < 1.29 is 18.0 Å². The van der Waals surface area contributed by atoms with Crippen molar-refractivity contribution in [1.29, 1.82) is 0 Å². The van der Waals surface area contributed by atoms with E-state index in [1.807, 2.05) is 0 Å². The second-order valence-corrected chi connectivity index (χ2v) is 6.74. The van der Waals surface area contributed by atoms with Crippen molar-refractivity contribution in [3.05, 3.63) is 41.6 Å². The minimum Gasteiger partial charge on any atom is -0.327 e. The lowest BCUT2D eigenvalue weighted by Gasteiger charge is -2.15. The Morgan fingerprint density at radius 3 is 2.70 bits per heavy atom. The second-order valence-electron chi connectivity index (χ2n) is 6.74. The maximum absolute atomic E-state index is 13.0. The van der Waals surface area contributed by atoms with Crippen LogP contribution in [0.4, 0.5) is 19.0 Å². The zero-order chi connectivity index (χ0) is 18.9. The van der Waals surface area contributed by atoms with E-state index >= 15 is 0 Å². The summed E-state index contributed by atoms with van der Waals surface area (Å²) in [5.41, 5.74) is 6.06. The number of hydrogen-bond acceptors (Lipinski definition) is 3. The van der Waals surface area contributed by atoms with Crippen molar-refractivity contribution >= 4 is 24.1 Å². The SMILES string of the molecule is Cc1cc(NC(=O)C[C@@H]2CCC[C@H]2N)n(-c2cccc(C(F)(F)F)c2)n1.Cl. The number of halogens is 4. The minimum absolute atomic E-state index is 0. The Bertz CT molecular complexity index is 806. The van der Waals surface area contributed by atoms with Gasteiger partial charge in [0, 0.05) is 18.5 Å². The number of carbonyl (C=O) groups excluding carboxylic acids is 1. The summed E-state index contributed by atoms with van der Waals surface area (Å²) in [6, 6.07) is 6.50. The molecule has 1 aliphatic carbocycles. The topological polar surface area (TPSA) is 72.9 Å². The average molecular weight is 403 g/mol. The monoisotopic (exact) mass is 402 g/mol. The number of amides is 1. The molecule has 2 atom stereocenters. The Morgan fingerprint density at radius 2 is 2.07 bits per heavy atom. The van der Waals surface area contributed by atoms with E-state index < -0.39 is 11.7 Å². The van der Waals surface area contributed by atoms with E-state index in [0.29, 0.717) is 17.9 Å². The van der Waals surface area contributed by atoms with Crippen molar-refractivity contribution in [3.63, 3.8) is 0 Å². The molecule has 148 valence electrons. The van der Waals surface area contributed by atoms with Crippen LogP contribution in [0, 0.1) is 12.8 Å². The van der Waals surface area contributed by atoms with Crippen molar-refractivity contribution in [2.24, 2.45) is 11.7 Å². The zero-order valence-corrected chi connectivity index (χ0v) is 15.6. The minimum atomic E-state index is -4.44. The fraction of sp³-hybridized carbons (Fsp3) is 0.444. The van der Waals surface area contributed by atoms with Crippen molar-refractivity contribution in [3.8, 4) is 5.69 Å². The van der Waals surface area contributed by atoms with E-state index in [4.69, 9.17) is 5.73 Å². The second kappa shape index (κ2) is 8.31. The van der Waals surface area contributed by atoms with E-state index in [1.54, 1.807) is 13.0 Å². The van der Waals surface area contributed by atoms with Gasteiger partial charge in [0.2, 0.25) is 5.91 Å². The molecule has 1 saturated carbocycles. The molecule has 0 bridgehead atoms. The molecule has 1 aromatic carbocycles. The third-order valence-electron chi connectivity index (χ3n) is 4.68. The number of aromatic nitrogens is 2. The fourth-order valence-corrected chi connectivity index (χ4v) is 3.35. The van der Waals surface area contributed by atoms with Crippen molar-refractivity contribution in [2.45, 2.75) is 44.8 Å². The molecule has 0 aliphatic heterocycles. The normalized spacial score (nSPS) is 19.6. The van der Waals surface area contributed by atoms with E-state index in [-0.39, 0.29) is 36.0 Å². The van der Waals surface area contributed by atoms with Crippen LogP contribution in [-0.2, 0) is 11.0 Å². The van der Waals surface area contributed by atoms with E-state index in [2.05, 4.69) is 10.4 Å². The summed E-state index contributed by atoms with van der Waals surface area (Å²) in [6.07, 6.45) is -1.30. The van der Waals surface area contributed by atoms with Gasteiger partial charge in [0.15, 0.2) is 0 Å². The first kappa shape index (κ1) is 21.2. The summed E-state index contributed by atoms with van der Waals surface area (Å²) in [5.74, 6) is 0.278. The third kappa shape index (κ3) is 5.01. The summed E-state index contributed by atoms with van der Waals surface area (Å²) in [5, 5.41) is 6.97. The Labute approximate surface area is 161 Å². The molecule has 0 saturated heterocycles. The van der Waals surface area contributed by atoms with Gasteiger partial charge >= 0.3 is 6.18 Å². The van der Waals surface area contributed by atoms with Gasteiger partial charge in [0.05, 0.1) is 16.9 Å². The Hall–Kier alpha value is -2.06. The van der Waals surface area contributed by atoms with Crippen LogP contribution >= 0.6 is 12.4 Å². The van der Waals surface area contributed by atoms with E-state index in [9.17, 15) is 18.0 Å². The highest BCUT2D eigenvalue weighted by molar-refractivity contribution is 5.90.